The quantitative estimate of drug-likeness (QED) is 0.788. The summed E-state index contributed by atoms with van der Waals surface area (Å²) in [4.78, 5) is 13.9. The number of likely N-dealkylation sites (tertiary alicyclic amines) is 1. The van der Waals surface area contributed by atoms with Crippen LogP contribution in [0.5, 0.6) is 0 Å². The van der Waals surface area contributed by atoms with Crippen LogP contribution in [0.15, 0.2) is 24.3 Å². The van der Waals surface area contributed by atoms with Crippen LogP contribution in [0.3, 0.4) is 0 Å². The number of aliphatic hydroxyl groups is 1. The minimum absolute atomic E-state index is 0.209. The molecule has 1 aromatic carbocycles. The Bertz CT molecular complexity index is 430. The van der Waals surface area contributed by atoms with Gasteiger partial charge in [0.15, 0.2) is 0 Å². The molecular formula is C15H21ClN2O2. The molecule has 0 spiro atoms. The van der Waals surface area contributed by atoms with Gasteiger partial charge in [-0.05, 0) is 30.5 Å². The van der Waals surface area contributed by atoms with Crippen molar-refractivity contribution >= 4 is 23.2 Å². The monoisotopic (exact) mass is 296 g/mol. The van der Waals surface area contributed by atoms with Crippen molar-refractivity contribution in [3.05, 3.63) is 29.8 Å². The van der Waals surface area contributed by atoms with E-state index in [1.807, 2.05) is 29.2 Å². The smallest absolute Gasteiger partial charge is 0.226 e. The first-order chi connectivity index (χ1) is 9.69. The van der Waals surface area contributed by atoms with Gasteiger partial charge in [0.1, 0.15) is 0 Å². The van der Waals surface area contributed by atoms with E-state index in [4.69, 9.17) is 11.6 Å². The molecule has 1 saturated heterocycles. The molecule has 0 aromatic heterocycles. The standard InChI is InChI=1S/C15H21ClN2O2/c16-10-14(19)11-17-13-5-3-12(4-6-13)9-15(20)18-7-1-2-8-18/h3-6,14,17,19H,1-2,7-11H2. The highest BCUT2D eigenvalue weighted by Crippen LogP contribution is 2.13. The highest BCUT2D eigenvalue weighted by Gasteiger charge is 2.17. The van der Waals surface area contributed by atoms with Crippen LogP contribution in [-0.4, -0.2) is 47.5 Å². The summed E-state index contributed by atoms with van der Waals surface area (Å²) in [6, 6.07) is 7.74. The summed E-state index contributed by atoms with van der Waals surface area (Å²) in [6.07, 6.45) is 2.16. The van der Waals surface area contributed by atoms with Gasteiger partial charge in [-0.15, -0.1) is 11.6 Å². The topological polar surface area (TPSA) is 52.6 Å². The Morgan fingerprint density at radius 3 is 2.55 bits per heavy atom. The summed E-state index contributed by atoms with van der Waals surface area (Å²) in [5.41, 5.74) is 1.94. The molecule has 1 aliphatic heterocycles. The molecule has 0 bridgehead atoms. The molecule has 2 N–H and O–H groups in total. The van der Waals surface area contributed by atoms with Crippen molar-refractivity contribution in [2.45, 2.75) is 25.4 Å². The molecule has 0 radical (unpaired) electrons. The van der Waals surface area contributed by atoms with Gasteiger partial charge in [0.2, 0.25) is 5.91 Å². The number of nitrogens with zero attached hydrogens (tertiary/aromatic N) is 1. The van der Waals surface area contributed by atoms with Crippen LogP contribution >= 0.6 is 11.6 Å². The largest absolute Gasteiger partial charge is 0.390 e. The van der Waals surface area contributed by atoms with E-state index in [0.29, 0.717) is 13.0 Å². The highest BCUT2D eigenvalue weighted by molar-refractivity contribution is 6.18. The van der Waals surface area contributed by atoms with Gasteiger partial charge in [0.25, 0.3) is 0 Å². The SMILES string of the molecule is O=C(Cc1ccc(NCC(O)CCl)cc1)N1CCCC1. The molecule has 1 unspecified atom stereocenters. The third-order valence-corrected chi connectivity index (χ3v) is 3.84. The number of amides is 1. The molecule has 110 valence electrons. The van der Waals surface area contributed by atoms with E-state index in [2.05, 4.69) is 5.32 Å². The van der Waals surface area contributed by atoms with Crippen molar-refractivity contribution in [3.63, 3.8) is 0 Å². The second-order valence-corrected chi connectivity index (χ2v) is 5.46. The molecule has 1 aromatic rings. The Hall–Kier alpha value is -1.26. The van der Waals surface area contributed by atoms with Crippen molar-refractivity contribution in [3.8, 4) is 0 Å². The van der Waals surface area contributed by atoms with E-state index >= 15 is 0 Å². The fourth-order valence-corrected chi connectivity index (χ4v) is 2.39. The van der Waals surface area contributed by atoms with Gasteiger partial charge >= 0.3 is 0 Å². The maximum absolute atomic E-state index is 12.0. The lowest BCUT2D eigenvalue weighted by molar-refractivity contribution is -0.129. The van der Waals surface area contributed by atoms with Gasteiger partial charge < -0.3 is 15.3 Å². The van der Waals surface area contributed by atoms with Crippen LogP contribution in [-0.2, 0) is 11.2 Å². The lowest BCUT2D eigenvalue weighted by Gasteiger charge is -2.15. The zero-order valence-electron chi connectivity index (χ0n) is 11.5. The van der Waals surface area contributed by atoms with Crippen molar-refractivity contribution in [1.82, 2.24) is 4.90 Å². The number of nitrogens with one attached hydrogen (secondary N) is 1. The van der Waals surface area contributed by atoms with E-state index < -0.39 is 6.10 Å². The van der Waals surface area contributed by atoms with Crippen molar-refractivity contribution in [2.75, 3.05) is 30.8 Å². The van der Waals surface area contributed by atoms with Gasteiger partial charge in [0.05, 0.1) is 18.4 Å². The summed E-state index contributed by atoms with van der Waals surface area (Å²) in [5, 5.41) is 12.5. The molecule has 1 fully saturated rings. The number of carbonyl (C=O) groups is 1. The van der Waals surface area contributed by atoms with Crippen LogP contribution in [0, 0.1) is 0 Å². The van der Waals surface area contributed by atoms with E-state index in [9.17, 15) is 9.90 Å². The molecule has 4 nitrogen and oxygen atoms in total. The van der Waals surface area contributed by atoms with E-state index in [1.54, 1.807) is 0 Å². The van der Waals surface area contributed by atoms with Crippen LogP contribution in [0.2, 0.25) is 0 Å². The number of anilines is 1. The Labute approximate surface area is 124 Å². The molecule has 1 amide bonds. The van der Waals surface area contributed by atoms with Crippen molar-refractivity contribution in [2.24, 2.45) is 0 Å². The summed E-state index contributed by atoms with van der Waals surface area (Å²) in [7, 11) is 0. The summed E-state index contributed by atoms with van der Waals surface area (Å²) in [6.45, 7) is 2.22. The molecule has 0 aliphatic carbocycles. The lowest BCUT2D eigenvalue weighted by Crippen LogP contribution is -2.29. The minimum Gasteiger partial charge on any atom is -0.390 e. The minimum atomic E-state index is -0.548. The normalized spacial score (nSPS) is 16.2. The van der Waals surface area contributed by atoms with Crippen LogP contribution < -0.4 is 5.32 Å². The summed E-state index contributed by atoms with van der Waals surface area (Å²) >= 11 is 5.53. The first-order valence-electron chi connectivity index (χ1n) is 7.03. The number of halogens is 1. The molecule has 1 heterocycles. The third kappa shape index (κ3) is 4.39. The molecule has 1 atom stereocenters. The summed E-state index contributed by atoms with van der Waals surface area (Å²) in [5.74, 6) is 0.427. The van der Waals surface area contributed by atoms with Gasteiger partial charge in [-0.25, -0.2) is 0 Å². The number of alkyl halides is 1. The molecule has 5 heteroatoms. The fraction of sp³-hybridized carbons (Fsp3) is 0.533. The number of aliphatic hydroxyl groups excluding tert-OH is 1. The number of carbonyl (C=O) groups excluding carboxylic acids is 1. The number of benzene rings is 1. The van der Waals surface area contributed by atoms with Crippen molar-refractivity contribution in [1.29, 1.82) is 0 Å². The number of rotatable bonds is 6. The molecule has 2 rings (SSSR count). The van der Waals surface area contributed by atoms with Crippen LogP contribution in [0.25, 0.3) is 0 Å². The van der Waals surface area contributed by atoms with E-state index in [-0.39, 0.29) is 11.8 Å². The maximum atomic E-state index is 12.0. The zero-order valence-corrected chi connectivity index (χ0v) is 12.3. The average molecular weight is 297 g/mol. The average Bonchev–Trinajstić information content (AvgIpc) is 3.00. The fourth-order valence-electron chi connectivity index (χ4n) is 2.28. The maximum Gasteiger partial charge on any atom is 0.226 e. The molecule has 1 aliphatic rings. The van der Waals surface area contributed by atoms with Crippen molar-refractivity contribution < 1.29 is 9.90 Å². The predicted molar refractivity (Wildman–Crippen MR) is 81.2 cm³/mol. The zero-order chi connectivity index (χ0) is 14.4. The van der Waals surface area contributed by atoms with E-state index in [0.717, 1.165) is 37.2 Å². The second kappa shape index (κ2) is 7.50. The Balaban J connectivity index is 1.83. The highest BCUT2D eigenvalue weighted by atomic mass is 35.5. The first-order valence-corrected chi connectivity index (χ1v) is 7.57. The lowest BCUT2D eigenvalue weighted by atomic mass is 10.1. The summed E-state index contributed by atoms with van der Waals surface area (Å²) < 4.78 is 0. The van der Waals surface area contributed by atoms with Gasteiger partial charge in [-0.1, -0.05) is 12.1 Å². The van der Waals surface area contributed by atoms with Crippen LogP contribution in [0.1, 0.15) is 18.4 Å². The predicted octanol–water partition coefficient (Wildman–Crippen LogP) is 1.86. The van der Waals surface area contributed by atoms with Gasteiger partial charge in [0, 0.05) is 25.3 Å². The Kier molecular flexibility index (Phi) is 5.68. The van der Waals surface area contributed by atoms with Gasteiger partial charge in [-0.3, -0.25) is 4.79 Å². The van der Waals surface area contributed by atoms with Crippen LogP contribution in [0.4, 0.5) is 5.69 Å². The molecular weight excluding hydrogens is 276 g/mol. The molecule has 20 heavy (non-hydrogen) atoms. The third-order valence-electron chi connectivity index (χ3n) is 3.49. The first kappa shape index (κ1) is 15.1. The Morgan fingerprint density at radius 1 is 1.30 bits per heavy atom. The van der Waals surface area contributed by atoms with Gasteiger partial charge in [-0.2, -0.15) is 0 Å². The van der Waals surface area contributed by atoms with E-state index in [1.165, 1.54) is 0 Å². The number of hydrogen-bond acceptors (Lipinski definition) is 3. The second-order valence-electron chi connectivity index (χ2n) is 5.15. The molecule has 0 saturated carbocycles. The Morgan fingerprint density at radius 2 is 1.95 bits per heavy atom. The number of hydrogen-bond donors (Lipinski definition) is 2.